The molecule has 200 valence electrons. The van der Waals surface area contributed by atoms with Gasteiger partial charge >= 0.3 is 5.97 Å². The van der Waals surface area contributed by atoms with Crippen molar-refractivity contribution in [2.24, 2.45) is 0 Å². The number of hydrogen-bond acceptors (Lipinski definition) is 6. The minimum Gasteiger partial charge on any atom is -0.488 e. The van der Waals surface area contributed by atoms with Crippen LogP contribution in [0.25, 0.3) is 0 Å². The lowest BCUT2D eigenvalue weighted by Gasteiger charge is -2.38. The van der Waals surface area contributed by atoms with Crippen molar-refractivity contribution >= 4 is 28.0 Å². The van der Waals surface area contributed by atoms with Crippen LogP contribution in [0.3, 0.4) is 0 Å². The Labute approximate surface area is 222 Å². The van der Waals surface area contributed by atoms with E-state index in [4.69, 9.17) is 13.9 Å². The van der Waals surface area contributed by atoms with E-state index in [1.165, 1.54) is 19.2 Å². The first-order valence-electron chi connectivity index (χ1n) is 12.3. The van der Waals surface area contributed by atoms with Crippen LogP contribution in [0.2, 0.25) is 37.8 Å². The van der Waals surface area contributed by atoms with Crippen LogP contribution < -0.4 is 4.74 Å². The molecule has 0 bridgehead atoms. The van der Waals surface area contributed by atoms with E-state index in [9.17, 15) is 14.9 Å². The van der Waals surface area contributed by atoms with Crippen LogP contribution >= 0.6 is 0 Å². The second kappa shape index (κ2) is 12.1. The first kappa shape index (κ1) is 30.3. The maximum atomic E-state index is 12.3. The fraction of sp³-hybridized carbons (Fsp3) is 0.464. The summed E-state index contributed by atoms with van der Waals surface area (Å²) in [7, 11) is -2.77. The summed E-state index contributed by atoms with van der Waals surface area (Å²) >= 11 is 0. The highest BCUT2D eigenvalue weighted by Gasteiger charge is 2.39. The monoisotopic (exact) mass is 541 g/mol. The zero-order valence-corrected chi connectivity index (χ0v) is 25.4. The maximum Gasteiger partial charge on any atom is 0.338 e. The fourth-order valence-electron chi connectivity index (χ4n) is 3.24. The molecule has 0 aliphatic rings. The Kier molecular flexibility index (Phi) is 9.88. The van der Waals surface area contributed by atoms with E-state index in [2.05, 4.69) is 65.0 Å². The number of benzene rings is 2. The number of methoxy groups -OCH3 is 1. The van der Waals surface area contributed by atoms with E-state index < -0.39 is 33.4 Å². The maximum absolute atomic E-state index is 12.3. The lowest BCUT2D eigenvalue weighted by atomic mass is 10.0. The number of nitrogens with zero attached hydrogens (tertiary/aromatic N) is 1. The van der Waals surface area contributed by atoms with Gasteiger partial charge < -0.3 is 13.9 Å². The van der Waals surface area contributed by atoms with E-state index in [1.54, 1.807) is 0 Å². The van der Waals surface area contributed by atoms with Gasteiger partial charge in [0.1, 0.15) is 26.5 Å². The van der Waals surface area contributed by atoms with Gasteiger partial charge in [0.05, 0.1) is 23.2 Å². The quantitative estimate of drug-likeness (QED) is 0.114. The molecule has 0 unspecified atom stereocenters. The molecule has 0 aliphatic carbocycles. The van der Waals surface area contributed by atoms with Crippen LogP contribution in [0.4, 0.5) is 5.69 Å². The Morgan fingerprint density at radius 2 is 1.70 bits per heavy atom. The summed E-state index contributed by atoms with van der Waals surface area (Å²) in [5.74, 6) is 2.88. The lowest BCUT2D eigenvalue weighted by molar-refractivity contribution is -0.385. The van der Waals surface area contributed by atoms with Crippen molar-refractivity contribution in [1.82, 2.24) is 0 Å². The van der Waals surface area contributed by atoms with Crippen molar-refractivity contribution < 1.29 is 23.6 Å². The van der Waals surface area contributed by atoms with Crippen molar-refractivity contribution in [3.63, 3.8) is 0 Å². The number of hydrogen-bond donors (Lipinski definition) is 0. The summed E-state index contributed by atoms with van der Waals surface area (Å²) in [5.41, 5.74) is 4.46. The average Bonchev–Trinajstić information content (AvgIpc) is 2.80. The van der Waals surface area contributed by atoms with E-state index in [0.717, 1.165) is 5.56 Å². The van der Waals surface area contributed by atoms with Gasteiger partial charge in [0.2, 0.25) is 0 Å². The molecular weight excluding hydrogens is 502 g/mol. The van der Waals surface area contributed by atoms with Crippen LogP contribution in [0.15, 0.2) is 42.5 Å². The molecule has 0 saturated carbocycles. The Morgan fingerprint density at radius 3 is 2.22 bits per heavy atom. The largest absolute Gasteiger partial charge is 0.488 e. The molecule has 0 N–H and O–H groups in total. The second-order valence-corrected chi connectivity index (χ2v) is 21.1. The Hall–Kier alpha value is -2.94. The van der Waals surface area contributed by atoms with Gasteiger partial charge in [-0.25, -0.2) is 4.79 Å². The molecule has 2 rings (SSSR count). The molecule has 0 aromatic heterocycles. The highest BCUT2D eigenvalue weighted by atomic mass is 28.4. The number of esters is 1. The number of rotatable bonds is 9. The molecule has 0 spiro atoms. The number of nitro groups is 1. The third-order valence-electron chi connectivity index (χ3n) is 6.28. The molecule has 2 aromatic carbocycles. The Balaban J connectivity index is 2.64. The van der Waals surface area contributed by atoms with E-state index in [-0.39, 0.29) is 35.1 Å². The second-order valence-electron chi connectivity index (χ2n) is 11.6. The van der Waals surface area contributed by atoms with Gasteiger partial charge in [0.25, 0.3) is 5.69 Å². The molecule has 0 aliphatic heterocycles. The molecule has 2 aromatic rings. The molecule has 0 heterocycles. The van der Waals surface area contributed by atoms with Crippen molar-refractivity contribution in [1.29, 1.82) is 0 Å². The van der Waals surface area contributed by atoms with Crippen LogP contribution in [0.1, 0.15) is 42.3 Å². The molecule has 37 heavy (non-hydrogen) atoms. The summed E-state index contributed by atoms with van der Waals surface area (Å²) in [6, 6.07) is 12.2. The minimum absolute atomic E-state index is 0.0519. The van der Waals surface area contributed by atoms with Gasteiger partial charge in [-0.05, 0) is 29.8 Å². The van der Waals surface area contributed by atoms with Gasteiger partial charge in [0, 0.05) is 12.5 Å². The third-order valence-corrected chi connectivity index (χ3v) is 11.7. The van der Waals surface area contributed by atoms with Gasteiger partial charge in [-0.1, -0.05) is 76.7 Å². The minimum atomic E-state index is -2.26. The normalized spacial score (nSPS) is 12.8. The Morgan fingerprint density at radius 1 is 1.08 bits per heavy atom. The van der Waals surface area contributed by atoms with Crippen LogP contribution in [0, 0.1) is 21.6 Å². The first-order chi connectivity index (χ1) is 17.0. The highest BCUT2D eigenvalue weighted by Crippen LogP contribution is 2.39. The number of ether oxygens (including phenoxy) is 2. The zero-order valence-electron chi connectivity index (χ0n) is 23.4. The van der Waals surface area contributed by atoms with Crippen LogP contribution in [-0.4, -0.2) is 40.5 Å². The van der Waals surface area contributed by atoms with Gasteiger partial charge in [-0.2, -0.15) is 0 Å². The van der Waals surface area contributed by atoms with E-state index >= 15 is 0 Å². The van der Waals surface area contributed by atoms with Crippen molar-refractivity contribution in [2.45, 2.75) is 77.7 Å². The van der Waals surface area contributed by atoms with E-state index in [0.29, 0.717) is 5.56 Å². The number of nitro benzene ring substituents is 1. The summed E-state index contributed by atoms with van der Waals surface area (Å²) in [5, 5.41) is 12.1. The summed E-state index contributed by atoms with van der Waals surface area (Å²) in [4.78, 5) is 24.0. The first-order valence-corrected chi connectivity index (χ1v) is 18.7. The van der Waals surface area contributed by atoms with Crippen molar-refractivity contribution in [3.8, 4) is 17.2 Å². The highest BCUT2D eigenvalue weighted by molar-refractivity contribution is 6.83. The summed E-state index contributed by atoms with van der Waals surface area (Å²) in [6.45, 7) is 17.3. The Bertz CT molecular complexity index is 1170. The SMILES string of the molecule is COC(=O)c1cc(OCc2ccccc2)c(C[C@H](C#C[Si](C)(C)C)O[Si](C)(C)C(C)(C)C)c([N+](=O)[O-])c1. The van der Waals surface area contributed by atoms with Crippen molar-refractivity contribution in [3.05, 3.63) is 69.3 Å². The van der Waals surface area contributed by atoms with Crippen molar-refractivity contribution in [2.75, 3.05) is 7.11 Å². The molecule has 0 saturated heterocycles. The average molecular weight is 542 g/mol. The lowest BCUT2D eigenvalue weighted by Crippen LogP contribution is -2.44. The summed E-state index contributed by atoms with van der Waals surface area (Å²) < 4.78 is 17.6. The molecule has 0 amide bonds. The predicted molar refractivity (Wildman–Crippen MR) is 152 cm³/mol. The molecule has 9 heteroatoms. The number of carbonyl (C=O) groups excluding carboxylic acids is 1. The standard InChI is InChI=1S/C28H39NO6Si2/c1-28(2,3)37(8,9)35-23(15-16-36(5,6)7)19-24-25(29(31)32)17-22(27(30)33-4)18-26(24)34-20-21-13-11-10-12-14-21/h10-14,17-18,23H,19-20H2,1-9H3/t23-/m0/s1. The molecule has 1 atom stereocenters. The van der Waals surface area contributed by atoms with Crippen LogP contribution in [0.5, 0.6) is 5.75 Å². The van der Waals surface area contributed by atoms with Gasteiger partial charge in [0.15, 0.2) is 8.32 Å². The van der Waals surface area contributed by atoms with Crippen LogP contribution in [-0.2, 0) is 22.2 Å². The van der Waals surface area contributed by atoms with Gasteiger partial charge in [-0.3, -0.25) is 10.1 Å². The zero-order chi connectivity index (χ0) is 28.0. The van der Waals surface area contributed by atoms with E-state index in [1.807, 2.05) is 30.3 Å². The number of carbonyl (C=O) groups is 1. The fourth-order valence-corrected chi connectivity index (χ4v) is 5.04. The topological polar surface area (TPSA) is 87.9 Å². The summed E-state index contributed by atoms with van der Waals surface area (Å²) in [6.07, 6.45) is -0.402. The molecule has 0 fully saturated rings. The molecule has 7 nitrogen and oxygen atoms in total. The smallest absolute Gasteiger partial charge is 0.338 e. The molecule has 0 radical (unpaired) electrons. The third kappa shape index (κ3) is 8.84. The van der Waals surface area contributed by atoms with Gasteiger partial charge in [-0.15, -0.1) is 5.54 Å². The predicted octanol–water partition coefficient (Wildman–Crippen LogP) is 6.77. The molecular formula is C28H39NO6Si2.